The Hall–Kier alpha value is 0.0539. The van der Waals surface area contributed by atoms with Crippen LogP contribution < -0.4 is 0 Å². The standard InChI is InChI=1S/C6H6O2.Y/c1-4-5(2)6(7)8-3;/h1-2,4H,3H3;/q-2;. The normalized spacial score (nSPS) is 6.78. The fraction of sp³-hybridized carbons (Fsp3) is 0.167. The summed E-state index contributed by atoms with van der Waals surface area (Å²) in [5.74, 6) is -0.604. The van der Waals surface area contributed by atoms with Gasteiger partial charge in [0.05, 0.1) is 7.11 Å². The minimum atomic E-state index is -0.604. The number of hydrogen-bond acceptors (Lipinski definition) is 2. The van der Waals surface area contributed by atoms with E-state index in [1.807, 2.05) is 0 Å². The minimum Gasteiger partial charge on any atom is -0.536 e. The van der Waals surface area contributed by atoms with Gasteiger partial charge in [-0.05, 0) is 0 Å². The van der Waals surface area contributed by atoms with Gasteiger partial charge in [0.15, 0.2) is 0 Å². The largest absolute Gasteiger partial charge is 0.536 e. The molecular weight excluding hydrogens is 193 g/mol. The first-order valence-corrected chi connectivity index (χ1v) is 1.98. The summed E-state index contributed by atoms with van der Waals surface area (Å²) in [6, 6.07) is 0. The summed E-state index contributed by atoms with van der Waals surface area (Å²) in [6.45, 7) is 9.85. The molecule has 0 fully saturated rings. The molecule has 0 aromatic heterocycles. The van der Waals surface area contributed by atoms with Crippen LogP contribution in [0.25, 0.3) is 0 Å². The Morgan fingerprint density at radius 3 is 2.22 bits per heavy atom. The van der Waals surface area contributed by atoms with Crippen molar-refractivity contribution in [2.75, 3.05) is 7.11 Å². The predicted molar refractivity (Wildman–Crippen MR) is 28.7 cm³/mol. The van der Waals surface area contributed by atoms with Crippen LogP contribution in [0.1, 0.15) is 0 Å². The molecule has 0 aliphatic carbocycles. The van der Waals surface area contributed by atoms with Crippen LogP contribution in [0.15, 0.2) is 11.6 Å². The maximum atomic E-state index is 10.2. The summed E-state index contributed by atoms with van der Waals surface area (Å²) in [4.78, 5) is 10.2. The molecular formula is C6H6O2Y-2. The first-order chi connectivity index (χ1) is 3.72. The second kappa shape index (κ2) is 6.18. The Morgan fingerprint density at radius 2 is 2.11 bits per heavy atom. The second-order valence-corrected chi connectivity index (χ2v) is 1.11. The van der Waals surface area contributed by atoms with E-state index in [9.17, 15) is 4.79 Å². The average molecular weight is 199 g/mol. The van der Waals surface area contributed by atoms with Gasteiger partial charge in [-0.3, -0.25) is 5.57 Å². The summed E-state index contributed by atoms with van der Waals surface area (Å²) < 4.78 is 4.19. The van der Waals surface area contributed by atoms with Crippen molar-refractivity contribution in [3.05, 3.63) is 24.8 Å². The average Bonchev–Trinajstić information content (AvgIpc) is 1.84. The Balaban J connectivity index is 0. The van der Waals surface area contributed by atoms with Gasteiger partial charge in [0.25, 0.3) is 0 Å². The van der Waals surface area contributed by atoms with E-state index in [-0.39, 0.29) is 38.3 Å². The monoisotopic (exact) mass is 199 g/mol. The van der Waals surface area contributed by atoms with Crippen LogP contribution in [0.3, 0.4) is 0 Å². The van der Waals surface area contributed by atoms with E-state index in [2.05, 4.69) is 4.74 Å². The fourth-order valence-corrected chi connectivity index (χ4v) is 0.186. The van der Waals surface area contributed by atoms with E-state index in [0.717, 1.165) is 6.08 Å². The van der Waals surface area contributed by atoms with Crippen molar-refractivity contribution in [3.63, 3.8) is 0 Å². The van der Waals surface area contributed by atoms with Gasteiger partial charge in [-0.25, -0.2) is 0 Å². The first-order valence-electron chi connectivity index (χ1n) is 1.98. The summed E-state index contributed by atoms with van der Waals surface area (Å²) >= 11 is 0. The topological polar surface area (TPSA) is 26.3 Å². The van der Waals surface area contributed by atoms with Crippen LogP contribution in [0.4, 0.5) is 0 Å². The molecule has 0 aromatic carbocycles. The number of carbonyl (C=O) groups is 1. The molecule has 0 unspecified atom stereocenters. The molecule has 0 aromatic rings. The molecule has 2 nitrogen and oxygen atoms in total. The van der Waals surface area contributed by atoms with Crippen LogP contribution in [-0.4, -0.2) is 13.1 Å². The van der Waals surface area contributed by atoms with Crippen molar-refractivity contribution in [2.24, 2.45) is 0 Å². The van der Waals surface area contributed by atoms with Gasteiger partial charge in [0.2, 0.25) is 0 Å². The molecule has 0 bridgehead atoms. The van der Waals surface area contributed by atoms with E-state index in [4.69, 9.17) is 13.2 Å². The number of hydrogen-bond donors (Lipinski definition) is 0. The molecule has 0 aliphatic rings. The van der Waals surface area contributed by atoms with Crippen molar-refractivity contribution >= 4 is 5.97 Å². The predicted octanol–water partition coefficient (Wildman–Crippen LogP) is 0.505. The summed E-state index contributed by atoms with van der Waals surface area (Å²) in [5.41, 5.74) is -0.0764. The molecule has 3 heteroatoms. The molecule has 0 saturated carbocycles. The molecule has 0 aliphatic heterocycles. The zero-order valence-electron chi connectivity index (χ0n) is 5.13. The van der Waals surface area contributed by atoms with Gasteiger partial charge in [0.1, 0.15) is 5.97 Å². The molecule has 0 spiro atoms. The Morgan fingerprint density at radius 1 is 1.67 bits per heavy atom. The van der Waals surface area contributed by atoms with E-state index in [1.165, 1.54) is 7.11 Å². The first kappa shape index (κ1) is 11.8. The Labute approximate surface area is 79.8 Å². The molecule has 1 radical (unpaired) electrons. The third-order valence-electron chi connectivity index (χ3n) is 0.601. The van der Waals surface area contributed by atoms with Gasteiger partial charge in [-0.2, -0.15) is 0 Å². The van der Waals surface area contributed by atoms with Gasteiger partial charge in [0, 0.05) is 32.7 Å². The van der Waals surface area contributed by atoms with Crippen LogP contribution in [0.2, 0.25) is 0 Å². The van der Waals surface area contributed by atoms with E-state index < -0.39 is 5.97 Å². The van der Waals surface area contributed by atoms with Gasteiger partial charge < -0.3 is 28.8 Å². The van der Waals surface area contributed by atoms with Crippen LogP contribution in [0.5, 0.6) is 0 Å². The SMILES string of the molecule is [CH-]=CC(=[CH-])C(=O)OC.[Y]. The smallest absolute Gasteiger partial charge is 0.135 e. The van der Waals surface area contributed by atoms with Crippen molar-refractivity contribution < 1.29 is 42.2 Å². The minimum absolute atomic E-state index is 0. The van der Waals surface area contributed by atoms with Crippen molar-refractivity contribution in [1.29, 1.82) is 0 Å². The Kier molecular flexibility index (Phi) is 8.10. The van der Waals surface area contributed by atoms with Crippen molar-refractivity contribution in [1.82, 2.24) is 0 Å². The summed E-state index contributed by atoms with van der Waals surface area (Å²) in [7, 11) is 1.23. The second-order valence-electron chi connectivity index (χ2n) is 1.11. The number of esters is 1. The molecule has 0 atom stereocenters. The maximum Gasteiger partial charge on any atom is 0.135 e. The molecule has 0 heterocycles. The van der Waals surface area contributed by atoms with Crippen LogP contribution in [-0.2, 0) is 42.2 Å². The van der Waals surface area contributed by atoms with E-state index in [1.54, 1.807) is 0 Å². The quantitative estimate of drug-likeness (QED) is 0.280. The van der Waals surface area contributed by atoms with Gasteiger partial charge >= 0.3 is 0 Å². The molecule has 47 valence electrons. The van der Waals surface area contributed by atoms with Gasteiger partial charge in [-0.15, -0.1) is 0 Å². The molecule has 0 N–H and O–H groups in total. The molecule has 9 heavy (non-hydrogen) atoms. The number of carbonyl (C=O) groups excluding carboxylic acids is 1. The number of ether oxygens (including phenoxy) is 1. The zero-order chi connectivity index (χ0) is 6.57. The maximum absolute atomic E-state index is 10.2. The van der Waals surface area contributed by atoms with Crippen LogP contribution in [0, 0.1) is 13.2 Å². The van der Waals surface area contributed by atoms with E-state index in [0.29, 0.717) is 0 Å². The van der Waals surface area contributed by atoms with Crippen molar-refractivity contribution in [2.45, 2.75) is 0 Å². The third-order valence-corrected chi connectivity index (χ3v) is 0.601. The van der Waals surface area contributed by atoms with Crippen LogP contribution >= 0.6 is 0 Å². The summed E-state index contributed by atoms with van der Waals surface area (Å²) in [5, 5.41) is 0. The third kappa shape index (κ3) is 4.55. The van der Waals surface area contributed by atoms with Crippen molar-refractivity contribution in [3.8, 4) is 0 Å². The fourth-order valence-electron chi connectivity index (χ4n) is 0.186. The van der Waals surface area contributed by atoms with Gasteiger partial charge in [-0.1, -0.05) is 0 Å². The number of methoxy groups -OCH3 is 1. The Bertz CT molecular complexity index is 129. The van der Waals surface area contributed by atoms with E-state index >= 15 is 0 Å². The molecule has 0 rings (SSSR count). The number of rotatable bonds is 2. The summed E-state index contributed by atoms with van der Waals surface area (Å²) in [6.07, 6.45) is 0.992. The molecule has 0 amide bonds. The zero-order valence-corrected chi connectivity index (χ0v) is 7.96. The molecule has 0 saturated heterocycles.